The van der Waals surface area contributed by atoms with Crippen molar-refractivity contribution in [1.29, 1.82) is 0 Å². The second-order valence-corrected chi connectivity index (χ2v) is 6.35. The number of nitrogen functional groups attached to an aromatic ring is 1. The maximum absolute atomic E-state index is 12.0. The van der Waals surface area contributed by atoms with Gasteiger partial charge in [0.1, 0.15) is 16.5 Å². The third-order valence-electron chi connectivity index (χ3n) is 2.78. The van der Waals surface area contributed by atoms with E-state index in [1.807, 2.05) is 6.07 Å². The van der Waals surface area contributed by atoms with Crippen molar-refractivity contribution in [3.05, 3.63) is 33.4 Å². The molecule has 0 spiro atoms. The van der Waals surface area contributed by atoms with Crippen molar-refractivity contribution < 1.29 is 14.3 Å². The average Bonchev–Trinajstić information content (AvgIpc) is 2.83. The lowest BCUT2D eigenvalue weighted by Crippen LogP contribution is -2.24. The first-order chi connectivity index (χ1) is 10.0. The average molecular weight is 372 g/mol. The minimum absolute atomic E-state index is 0.222. The van der Waals surface area contributed by atoms with Gasteiger partial charge in [-0.25, -0.2) is 4.98 Å². The molecule has 21 heavy (non-hydrogen) atoms. The molecule has 1 amide bonds. The van der Waals surface area contributed by atoms with Crippen LogP contribution in [0.3, 0.4) is 0 Å². The molecule has 8 heteroatoms. The number of carbonyl (C=O) groups excluding carboxylic acids is 1. The van der Waals surface area contributed by atoms with Gasteiger partial charge in [0, 0.05) is 18.2 Å². The summed E-state index contributed by atoms with van der Waals surface area (Å²) in [5.74, 6) is 1.00. The Kier molecular flexibility index (Phi) is 5.03. The lowest BCUT2D eigenvalue weighted by atomic mass is 10.2. The lowest BCUT2D eigenvalue weighted by molar-refractivity contribution is 0.0947. The predicted octanol–water partition coefficient (Wildman–Crippen LogP) is 2.44. The predicted molar refractivity (Wildman–Crippen MR) is 84.9 cm³/mol. The number of thiazole rings is 1. The molecular weight excluding hydrogens is 358 g/mol. The molecule has 0 saturated carbocycles. The number of nitrogens with two attached hydrogens (primary N) is 1. The van der Waals surface area contributed by atoms with Crippen LogP contribution < -0.4 is 20.5 Å². The highest BCUT2D eigenvalue weighted by molar-refractivity contribution is 9.11. The van der Waals surface area contributed by atoms with Crippen LogP contribution in [0.1, 0.15) is 16.1 Å². The number of halogens is 1. The standard InChI is InChI=1S/C13H14BrN3O3S/c1-19-8-4-3-7(9(5-8)20-2)6-16-12(18)10-11(15)21-13(14)17-10/h3-5H,6,15H2,1-2H3,(H,16,18). The smallest absolute Gasteiger partial charge is 0.273 e. The molecule has 112 valence electrons. The molecule has 0 radical (unpaired) electrons. The number of nitrogens with one attached hydrogen (secondary N) is 1. The van der Waals surface area contributed by atoms with E-state index in [-0.39, 0.29) is 11.6 Å². The number of carbonyl (C=O) groups is 1. The minimum Gasteiger partial charge on any atom is -0.497 e. The Balaban J connectivity index is 2.09. The molecule has 0 unspecified atom stereocenters. The molecule has 6 nitrogen and oxygen atoms in total. The van der Waals surface area contributed by atoms with Crippen molar-refractivity contribution in [3.8, 4) is 11.5 Å². The molecule has 0 fully saturated rings. The van der Waals surface area contributed by atoms with Gasteiger partial charge in [-0.05, 0) is 28.1 Å². The molecular formula is C13H14BrN3O3S. The second-order valence-electron chi connectivity index (χ2n) is 4.04. The minimum atomic E-state index is -0.327. The molecule has 0 aliphatic rings. The third-order valence-corrected chi connectivity index (χ3v) is 4.11. The summed E-state index contributed by atoms with van der Waals surface area (Å²) in [6.45, 7) is 0.306. The van der Waals surface area contributed by atoms with Gasteiger partial charge in [-0.3, -0.25) is 4.79 Å². The van der Waals surface area contributed by atoms with Crippen LogP contribution in [0, 0.1) is 0 Å². The summed E-state index contributed by atoms with van der Waals surface area (Å²) in [5.41, 5.74) is 6.78. The number of ether oxygens (including phenoxy) is 2. The highest BCUT2D eigenvalue weighted by Crippen LogP contribution is 2.26. The number of amides is 1. The largest absolute Gasteiger partial charge is 0.497 e. The third kappa shape index (κ3) is 3.64. The summed E-state index contributed by atoms with van der Waals surface area (Å²) in [6.07, 6.45) is 0. The molecule has 2 aromatic rings. The van der Waals surface area contributed by atoms with Crippen molar-refractivity contribution >= 4 is 38.2 Å². The Labute approximate surface area is 134 Å². The van der Waals surface area contributed by atoms with E-state index in [1.165, 1.54) is 11.3 Å². The van der Waals surface area contributed by atoms with E-state index >= 15 is 0 Å². The fourth-order valence-electron chi connectivity index (χ4n) is 1.72. The van der Waals surface area contributed by atoms with Crippen LogP contribution in [-0.2, 0) is 6.54 Å². The summed E-state index contributed by atoms with van der Waals surface area (Å²) < 4.78 is 11.0. The zero-order chi connectivity index (χ0) is 15.4. The molecule has 0 aliphatic heterocycles. The SMILES string of the molecule is COc1ccc(CNC(=O)c2nc(Br)sc2N)c(OC)c1. The van der Waals surface area contributed by atoms with Crippen molar-refractivity contribution in [2.75, 3.05) is 20.0 Å². The number of anilines is 1. The fraction of sp³-hybridized carbons (Fsp3) is 0.231. The van der Waals surface area contributed by atoms with Gasteiger partial charge in [-0.2, -0.15) is 0 Å². The summed E-state index contributed by atoms with van der Waals surface area (Å²) >= 11 is 4.41. The highest BCUT2D eigenvalue weighted by atomic mass is 79.9. The van der Waals surface area contributed by atoms with Crippen molar-refractivity contribution in [2.24, 2.45) is 0 Å². The van der Waals surface area contributed by atoms with Gasteiger partial charge in [0.15, 0.2) is 9.61 Å². The molecule has 1 aromatic carbocycles. The Morgan fingerprint density at radius 3 is 2.76 bits per heavy atom. The van der Waals surface area contributed by atoms with E-state index in [9.17, 15) is 4.79 Å². The van der Waals surface area contributed by atoms with Gasteiger partial charge in [0.25, 0.3) is 5.91 Å². The van der Waals surface area contributed by atoms with Gasteiger partial charge in [-0.15, -0.1) is 0 Å². The van der Waals surface area contributed by atoms with Crippen LogP contribution in [0.25, 0.3) is 0 Å². The molecule has 0 atom stereocenters. The maximum atomic E-state index is 12.0. The van der Waals surface area contributed by atoms with Gasteiger partial charge < -0.3 is 20.5 Å². The fourth-order valence-corrected chi connectivity index (χ4v) is 2.98. The van der Waals surface area contributed by atoms with Crippen LogP contribution in [0.15, 0.2) is 22.1 Å². The Morgan fingerprint density at radius 2 is 2.19 bits per heavy atom. The van der Waals surface area contributed by atoms with E-state index in [2.05, 4.69) is 26.2 Å². The lowest BCUT2D eigenvalue weighted by Gasteiger charge is -2.11. The van der Waals surface area contributed by atoms with E-state index in [0.717, 1.165) is 5.56 Å². The van der Waals surface area contributed by atoms with E-state index in [1.54, 1.807) is 26.4 Å². The number of benzene rings is 1. The molecule has 0 bridgehead atoms. The van der Waals surface area contributed by atoms with Crippen LogP contribution >= 0.6 is 27.3 Å². The number of hydrogen-bond acceptors (Lipinski definition) is 6. The zero-order valence-electron chi connectivity index (χ0n) is 11.5. The number of rotatable bonds is 5. The van der Waals surface area contributed by atoms with Crippen LogP contribution in [0.2, 0.25) is 0 Å². The topological polar surface area (TPSA) is 86.5 Å². The Bertz CT molecular complexity index is 660. The normalized spacial score (nSPS) is 10.2. The number of aromatic nitrogens is 1. The van der Waals surface area contributed by atoms with Crippen LogP contribution in [-0.4, -0.2) is 25.1 Å². The maximum Gasteiger partial charge on any atom is 0.273 e. The van der Waals surface area contributed by atoms with Gasteiger partial charge in [-0.1, -0.05) is 11.3 Å². The van der Waals surface area contributed by atoms with E-state index < -0.39 is 0 Å². The van der Waals surface area contributed by atoms with Gasteiger partial charge in [0.2, 0.25) is 0 Å². The molecule has 2 rings (SSSR count). The highest BCUT2D eigenvalue weighted by Gasteiger charge is 2.15. The molecule has 3 N–H and O–H groups in total. The quantitative estimate of drug-likeness (QED) is 0.842. The van der Waals surface area contributed by atoms with E-state index in [0.29, 0.717) is 27.0 Å². The first-order valence-electron chi connectivity index (χ1n) is 5.96. The number of nitrogens with zero attached hydrogens (tertiary/aromatic N) is 1. The summed E-state index contributed by atoms with van der Waals surface area (Å²) in [7, 11) is 3.15. The molecule has 0 aliphatic carbocycles. The summed E-state index contributed by atoms with van der Waals surface area (Å²) in [5, 5.41) is 3.14. The van der Waals surface area contributed by atoms with Crippen LogP contribution in [0.5, 0.6) is 11.5 Å². The summed E-state index contributed by atoms with van der Waals surface area (Å²) in [4.78, 5) is 16.1. The molecule has 1 aromatic heterocycles. The van der Waals surface area contributed by atoms with Gasteiger partial charge >= 0.3 is 0 Å². The first-order valence-corrected chi connectivity index (χ1v) is 7.57. The molecule has 0 saturated heterocycles. The van der Waals surface area contributed by atoms with E-state index in [4.69, 9.17) is 15.2 Å². The Morgan fingerprint density at radius 1 is 1.43 bits per heavy atom. The Hall–Kier alpha value is -1.80. The number of hydrogen-bond donors (Lipinski definition) is 2. The number of methoxy groups -OCH3 is 2. The second kappa shape index (κ2) is 6.77. The first kappa shape index (κ1) is 15.6. The van der Waals surface area contributed by atoms with Crippen molar-refractivity contribution in [3.63, 3.8) is 0 Å². The van der Waals surface area contributed by atoms with Crippen molar-refractivity contribution in [2.45, 2.75) is 6.54 Å². The zero-order valence-corrected chi connectivity index (χ0v) is 13.9. The summed E-state index contributed by atoms with van der Waals surface area (Å²) in [6, 6.07) is 5.39. The van der Waals surface area contributed by atoms with Gasteiger partial charge in [0.05, 0.1) is 14.2 Å². The van der Waals surface area contributed by atoms with Crippen LogP contribution in [0.4, 0.5) is 5.00 Å². The van der Waals surface area contributed by atoms with Crippen molar-refractivity contribution in [1.82, 2.24) is 10.3 Å². The monoisotopic (exact) mass is 371 g/mol. The molecule has 1 heterocycles.